The summed E-state index contributed by atoms with van der Waals surface area (Å²) in [5.74, 6) is 0. The predicted octanol–water partition coefficient (Wildman–Crippen LogP) is 17.1. The number of rotatable bonds is 9. The summed E-state index contributed by atoms with van der Waals surface area (Å²) in [6.07, 6.45) is 0. The van der Waals surface area contributed by atoms with Gasteiger partial charge in [-0.3, -0.25) is 0 Å². The molecule has 2 heteroatoms. The molecule has 292 valence electrons. The normalized spacial score (nSPS) is 11.2. The highest BCUT2D eigenvalue weighted by Gasteiger charge is 2.17. The number of furan rings is 1. The van der Waals surface area contributed by atoms with Gasteiger partial charge < -0.3 is 9.32 Å². The first-order chi connectivity index (χ1) is 30.7. The highest BCUT2D eigenvalue weighted by atomic mass is 16.3. The number of hydrogen-bond acceptors (Lipinski definition) is 2. The van der Waals surface area contributed by atoms with Crippen LogP contribution in [0, 0.1) is 0 Å². The van der Waals surface area contributed by atoms with Gasteiger partial charge in [0.05, 0.1) is 0 Å². The average Bonchev–Trinajstić information content (AvgIpc) is 3.74. The van der Waals surface area contributed by atoms with Gasteiger partial charge in [0.15, 0.2) is 0 Å². The lowest BCUT2D eigenvalue weighted by Crippen LogP contribution is -2.10. The van der Waals surface area contributed by atoms with Gasteiger partial charge in [0.1, 0.15) is 11.2 Å². The predicted molar refractivity (Wildman–Crippen MR) is 261 cm³/mol. The van der Waals surface area contributed by atoms with Crippen LogP contribution < -0.4 is 4.90 Å². The lowest BCUT2D eigenvalue weighted by Gasteiger charge is -2.26. The Balaban J connectivity index is 0.972. The smallest absolute Gasteiger partial charge is 0.143 e. The van der Waals surface area contributed by atoms with Gasteiger partial charge in [-0.1, -0.05) is 188 Å². The molecule has 0 fully saturated rings. The molecule has 0 saturated heterocycles. The fraction of sp³-hybridized carbons (Fsp3) is 0. The van der Waals surface area contributed by atoms with Crippen LogP contribution in [0.15, 0.2) is 253 Å². The quantitative estimate of drug-likeness (QED) is 0.145. The van der Waals surface area contributed by atoms with Crippen LogP contribution in [-0.4, -0.2) is 0 Å². The molecule has 0 spiro atoms. The molecule has 0 unspecified atom stereocenters. The van der Waals surface area contributed by atoms with E-state index in [0.717, 1.165) is 61.3 Å². The molecule has 2 nitrogen and oxygen atoms in total. The molecular weight excluding hydrogens is 751 g/mol. The van der Waals surface area contributed by atoms with E-state index < -0.39 is 0 Å². The van der Waals surface area contributed by atoms with Crippen LogP contribution in [0.1, 0.15) is 0 Å². The van der Waals surface area contributed by atoms with Crippen LogP contribution in [0.2, 0.25) is 0 Å². The van der Waals surface area contributed by atoms with Crippen molar-refractivity contribution in [3.63, 3.8) is 0 Å². The zero-order valence-corrected chi connectivity index (χ0v) is 34.0. The van der Waals surface area contributed by atoms with E-state index in [1.165, 1.54) is 44.5 Å². The maximum atomic E-state index is 6.45. The summed E-state index contributed by atoms with van der Waals surface area (Å²) < 4.78 is 6.45. The van der Waals surface area contributed by atoms with E-state index in [9.17, 15) is 0 Å². The Morgan fingerprint density at radius 3 is 1.19 bits per heavy atom. The van der Waals surface area contributed by atoms with Crippen molar-refractivity contribution in [1.82, 2.24) is 0 Å². The fourth-order valence-corrected chi connectivity index (χ4v) is 8.74. The van der Waals surface area contributed by atoms with E-state index in [2.05, 4.69) is 241 Å². The van der Waals surface area contributed by atoms with Crippen molar-refractivity contribution >= 4 is 39.0 Å². The Morgan fingerprint density at radius 1 is 0.242 bits per heavy atom. The summed E-state index contributed by atoms with van der Waals surface area (Å²) >= 11 is 0. The van der Waals surface area contributed by atoms with Crippen molar-refractivity contribution in [2.24, 2.45) is 0 Å². The van der Waals surface area contributed by atoms with Crippen LogP contribution in [-0.2, 0) is 0 Å². The molecule has 1 heterocycles. The second-order valence-electron chi connectivity index (χ2n) is 15.7. The first kappa shape index (κ1) is 36.8. The molecular formula is C60H41NO. The number of nitrogens with zero attached hydrogens (tertiary/aromatic N) is 1. The van der Waals surface area contributed by atoms with Crippen LogP contribution in [0.4, 0.5) is 17.1 Å². The Morgan fingerprint density at radius 2 is 0.629 bits per heavy atom. The number of anilines is 3. The Bertz CT molecular complexity index is 3200. The third kappa shape index (κ3) is 7.14. The molecule has 0 aliphatic heterocycles. The monoisotopic (exact) mass is 791 g/mol. The van der Waals surface area contributed by atoms with Gasteiger partial charge in [-0.2, -0.15) is 0 Å². The third-order valence-electron chi connectivity index (χ3n) is 11.9. The lowest BCUT2D eigenvalue weighted by molar-refractivity contribution is 0.670. The summed E-state index contributed by atoms with van der Waals surface area (Å²) in [5.41, 5.74) is 19.1. The summed E-state index contributed by atoms with van der Waals surface area (Å²) in [4.78, 5) is 2.36. The van der Waals surface area contributed by atoms with Crippen LogP contribution >= 0.6 is 0 Å². The summed E-state index contributed by atoms with van der Waals surface area (Å²) in [7, 11) is 0. The minimum Gasteiger partial charge on any atom is -0.455 e. The molecule has 0 aliphatic carbocycles. The first-order valence-corrected chi connectivity index (χ1v) is 21.2. The molecule has 11 rings (SSSR count). The van der Waals surface area contributed by atoms with Crippen molar-refractivity contribution in [3.8, 4) is 66.8 Å². The second kappa shape index (κ2) is 16.1. The van der Waals surface area contributed by atoms with E-state index in [0.29, 0.717) is 0 Å². The van der Waals surface area contributed by atoms with Crippen molar-refractivity contribution in [3.05, 3.63) is 249 Å². The van der Waals surface area contributed by atoms with Gasteiger partial charge >= 0.3 is 0 Å². The Labute approximate surface area is 362 Å². The summed E-state index contributed by atoms with van der Waals surface area (Å²) in [6.45, 7) is 0. The van der Waals surface area contributed by atoms with Gasteiger partial charge in [0.25, 0.3) is 0 Å². The van der Waals surface area contributed by atoms with Crippen molar-refractivity contribution in [2.75, 3.05) is 4.90 Å². The van der Waals surface area contributed by atoms with Crippen LogP contribution in [0.25, 0.3) is 88.7 Å². The van der Waals surface area contributed by atoms with E-state index in [4.69, 9.17) is 4.42 Å². The second-order valence-corrected chi connectivity index (χ2v) is 15.7. The SMILES string of the molecule is c1ccc(-c2cccc(-c3ccc(N(c4ccc(-c5cccc(-c6ccccc6)c5)cc4)c4cccc(-c5cccc(-c6cccc7c6oc6ccccc67)c5)c4)cc3)c2)cc1. The summed E-state index contributed by atoms with van der Waals surface area (Å²) in [6, 6.07) is 89.0. The van der Waals surface area contributed by atoms with Crippen molar-refractivity contribution in [1.29, 1.82) is 0 Å². The van der Waals surface area contributed by atoms with Gasteiger partial charge in [0, 0.05) is 33.4 Å². The van der Waals surface area contributed by atoms with Crippen molar-refractivity contribution in [2.45, 2.75) is 0 Å². The number of benzene rings is 10. The van der Waals surface area contributed by atoms with Gasteiger partial charge in [-0.15, -0.1) is 0 Å². The number of para-hydroxylation sites is 2. The maximum absolute atomic E-state index is 6.45. The molecule has 0 atom stereocenters. The Hall–Kier alpha value is -8.20. The molecule has 0 N–H and O–H groups in total. The molecule has 10 aromatic carbocycles. The van der Waals surface area contributed by atoms with Crippen LogP contribution in [0.3, 0.4) is 0 Å². The maximum Gasteiger partial charge on any atom is 0.143 e. The minimum absolute atomic E-state index is 0.904. The van der Waals surface area contributed by atoms with Gasteiger partial charge in [0.2, 0.25) is 0 Å². The molecule has 0 radical (unpaired) electrons. The van der Waals surface area contributed by atoms with E-state index in [1.54, 1.807) is 0 Å². The first-order valence-electron chi connectivity index (χ1n) is 21.2. The van der Waals surface area contributed by atoms with Gasteiger partial charge in [-0.25, -0.2) is 0 Å². The molecule has 0 bridgehead atoms. The van der Waals surface area contributed by atoms with E-state index in [1.807, 2.05) is 12.1 Å². The lowest BCUT2D eigenvalue weighted by atomic mass is 9.97. The van der Waals surface area contributed by atoms with Crippen molar-refractivity contribution < 1.29 is 4.42 Å². The molecule has 0 aliphatic rings. The van der Waals surface area contributed by atoms with Gasteiger partial charge in [-0.05, 0) is 122 Å². The molecule has 11 aromatic rings. The third-order valence-corrected chi connectivity index (χ3v) is 11.9. The topological polar surface area (TPSA) is 16.4 Å². The van der Waals surface area contributed by atoms with Crippen LogP contribution in [0.5, 0.6) is 0 Å². The molecule has 1 aromatic heterocycles. The highest BCUT2D eigenvalue weighted by Crippen LogP contribution is 2.41. The largest absolute Gasteiger partial charge is 0.455 e. The van der Waals surface area contributed by atoms with E-state index >= 15 is 0 Å². The van der Waals surface area contributed by atoms with E-state index in [-0.39, 0.29) is 0 Å². The molecule has 0 amide bonds. The fourth-order valence-electron chi connectivity index (χ4n) is 8.74. The number of hydrogen-bond donors (Lipinski definition) is 0. The zero-order chi connectivity index (χ0) is 41.2. The number of fused-ring (bicyclic) bond motifs is 3. The minimum atomic E-state index is 0.904. The standard InChI is InChI=1S/C60H41NO/c1-3-14-42(15-4-1)46-18-9-20-48(38-46)44-30-34-53(35-31-44)61(54-36-32-45(33-37-54)49-21-10-19-47(39-49)43-16-5-2-6-17-43)55-25-12-23-51(41-55)50-22-11-24-52(40-50)56-27-13-28-58-57-26-7-8-29-59(57)62-60(56)58/h1-41H. The molecule has 0 saturated carbocycles. The highest BCUT2D eigenvalue weighted by molar-refractivity contribution is 6.09. The zero-order valence-electron chi connectivity index (χ0n) is 34.0. The Kier molecular flexibility index (Phi) is 9.57. The average molecular weight is 792 g/mol. The summed E-state index contributed by atoms with van der Waals surface area (Å²) in [5, 5.41) is 2.27. The molecule has 62 heavy (non-hydrogen) atoms.